The van der Waals surface area contributed by atoms with E-state index in [1.54, 1.807) is 13.8 Å². The van der Waals surface area contributed by atoms with Crippen LogP contribution in [-0.2, 0) is 46.2 Å². The van der Waals surface area contributed by atoms with E-state index in [4.69, 9.17) is 4.42 Å². The molecule has 0 aliphatic rings. The molecule has 4 atom stereocenters. The molecule has 21 heteroatoms. The summed E-state index contributed by atoms with van der Waals surface area (Å²) in [5.41, 5.74) is -3.12. The topological polar surface area (TPSA) is 279 Å². The van der Waals surface area contributed by atoms with Crippen molar-refractivity contribution in [1.29, 1.82) is 0 Å². The first-order valence-corrected chi connectivity index (χ1v) is 16.3. The van der Waals surface area contributed by atoms with Crippen molar-refractivity contribution < 1.29 is 61.4 Å². The number of rotatable bonds is 18. The molecule has 0 fully saturated rings. The van der Waals surface area contributed by atoms with Crippen molar-refractivity contribution in [3.63, 3.8) is 0 Å². The Balaban J connectivity index is 1.88. The Labute approximate surface area is 303 Å². The van der Waals surface area contributed by atoms with E-state index in [0.717, 1.165) is 18.2 Å². The van der Waals surface area contributed by atoms with Gasteiger partial charge in [-0.25, -0.2) is 9.78 Å². The maximum Gasteiger partial charge on any atom is 0.417 e. The SMILES string of the molecule is CC(=O)N[C@H](CC(C)C)C(=O)N[C@H](CCC(=O)O)C(=O)N[C@@H](Cc1cnc[nH]1)C(=O)N[C@H](CC(=O)O)C(=O)Nc1ccc2c(C(F)(F)F)cc(=O)oc2c1. The lowest BCUT2D eigenvalue weighted by molar-refractivity contribution is -0.140. The quantitative estimate of drug-likeness (QED) is 0.0845. The number of halogens is 3. The van der Waals surface area contributed by atoms with E-state index in [2.05, 4.69) is 36.6 Å². The van der Waals surface area contributed by atoms with Crippen LogP contribution in [0.15, 0.2) is 46.0 Å². The van der Waals surface area contributed by atoms with E-state index in [-0.39, 0.29) is 36.2 Å². The van der Waals surface area contributed by atoms with Gasteiger partial charge in [0.15, 0.2) is 0 Å². The van der Waals surface area contributed by atoms with Gasteiger partial charge in [0.25, 0.3) is 0 Å². The highest BCUT2D eigenvalue weighted by Gasteiger charge is 2.35. The molecule has 2 aromatic heterocycles. The first kappa shape index (κ1) is 42.1. The Morgan fingerprint density at radius 3 is 2.06 bits per heavy atom. The third kappa shape index (κ3) is 12.7. The molecule has 0 spiro atoms. The molecule has 2 heterocycles. The molecule has 8 N–H and O–H groups in total. The zero-order valence-corrected chi connectivity index (χ0v) is 29.0. The molecule has 54 heavy (non-hydrogen) atoms. The number of anilines is 1. The first-order chi connectivity index (χ1) is 25.2. The largest absolute Gasteiger partial charge is 0.481 e. The van der Waals surface area contributed by atoms with E-state index < -0.39 is 113 Å². The zero-order chi connectivity index (χ0) is 40.3. The maximum atomic E-state index is 13.6. The summed E-state index contributed by atoms with van der Waals surface area (Å²) in [5.74, 6) is -7.61. The van der Waals surface area contributed by atoms with Gasteiger partial charge in [-0.3, -0.25) is 33.6 Å². The van der Waals surface area contributed by atoms with Gasteiger partial charge in [-0.05, 0) is 30.9 Å². The van der Waals surface area contributed by atoms with Gasteiger partial charge >= 0.3 is 23.7 Å². The average molecular weight is 766 g/mol. The van der Waals surface area contributed by atoms with Crippen LogP contribution in [0.25, 0.3) is 11.0 Å². The van der Waals surface area contributed by atoms with E-state index in [1.165, 1.54) is 19.4 Å². The van der Waals surface area contributed by atoms with Crippen molar-refractivity contribution in [3.8, 4) is 0 Å². The normalized spacial score (nSPS) is 13.6. The van der Waals surface area contributed by atoms with Crippen LogP contribution in [0.1, 0.15) is 57.7 Å². The van der Waals surface area contributed by atoms with Crippen LogP contribution in [0.3, 0.4) is 0 Å². The average Bonchev–Trinajstić information content (AvgIpc) is 3.57. The highest BCUT2D eigenvalue weighted by Crippen LogP contribution is 2.34. The summed E-state index contributed by atoms with van der Waals surface area (Å²) in [6.07, 6.45) is -4.58. The molecule has 0 saturated carbocycles. The predicted molar refractivity (Wildman–Crippen MR) is 180 cm³/mol. The van der Waals surface area contributed by atoms with Crippen molar-refractivity contribution in [3.05, 3.63) is 58.5 Å². The summed E-state index contributed by atoms with van der Waals surface area (Å²) in [5, 5.41) is 30.0. The summed E-state index contributed by atoms with van der Waals surface area (Å²) in [6.45, 7) is 4.74. The lowest BCUT2D eigenvalue weighted by atomic mass is 10.0. The van der Waals surface area contributed by atoms with E-state index in [1.807, 2.05) is 0 Å². The number of carboxylic acids is 2. The van der Waals surface area contributed by atoms with E-state index >= 15 is 0 Å². The minimum atomic E-state index is -4.91. The standard InChI is InChI=1S/C33H38F3N7O11/c1-15(2)8-22(39-16(3)44)31(52)41-21(6-7-26(45)46)29(50)42-23(9-18-13-37-14-38-18)32(53)43-24(12-27(47)48)30(51)40-17-4-5-19-20(33(34,35)36)11-28(49)54-25(19)10-17/h4-5,10-11,13-15,21-24H,6-9,12H2,1-3H3,(H,37,38)(H,39,44)(H,40,51)(H,41,52)(H,42,50)(H,43,53)(H,45,46)(H,47,48)/t21-,22-,23+,24-/m1/s1. The molecule has 5 amide bonds. The van der Waals surface area contributed by atoms with Crippen molar-refractivity contribution in [2.75, 3.05) is 5.32 Å². The summed E-state index contributed by atoms with van der Waals surface area (Å²) in [7, 11) is 0. The van der Waals surface area contributed by atoms with E-state index in [0.29, 0.717) is 0 Å². The number of imidazole rings is 1. The third-order valence-electron chi connectivity index (χ3n) is 7.62. The molecule has 0 aliphatic carbocycles. The fourth-order valence-electron chi connectivity index (χ4n) is 5.22. The van der Waals surface area contributed by atoms with Gasteiger partial charge in [0, 0.05) is 54.9 Å². The third-order valence-corrected chi connectivity index (χ3v) is 7.62. The zero-order valence-electron chi connectivity index (χ0n) is 29.0. The van der Waals surface area contributed by atoms with Crippen LogP contribution >= 0.6 is 0 Å². The monoisotopic (exact) mass is 765 g/mol. The van der Waals surface area contributed by atoms with Crippen molar-refractivity contribution in [2.24, 2.45) is 5.92 Å². The van der Waals surface area contributed by atoms with Crippen LogP contribution in [0.4, 0.5) is 18.9 Å². The van der Waals surface area contributed by atoms with Gasteiger partial charge in [-0.2, -0.15) is 13.2 Å². The van der Waals surface area contributed by atoms with Crippen molar-refractivity contribution in [1.82, 2.24) is 31.2 Å². The molecule has 3 aromatic rings. The molecule has 0 saturated heterocycles. The van der Waals surface area contributed by atoms with Gasteiger partial charge < -0.3 is 46.2 Å². The highest BCUT2D eigenvalue weighted by atomic mass is 19.4. The molecule has 3 rings (SSSR count). The number of H-pyrrole nitrogens is 1. The Morgan fingerprint density at radius 1 is 0.852 bits per heavy atom. The first-order valence-electron chi connectivity index (χ1n) is 16.3. The number of aromatic nitrogens is 2. The van der Waals surface area contributed by atoms with Crippen LogP contribution < -0.4 is 32.2 Å². The molecule has 1 aromatic carbocycles. The second-order valence-corrected chi connectivity index (χ2v) is 12.6. The predicted octanol–water partition coefficient (Wildman–Crippen LogP) is 1.06. The van der Waals surface area contributed by atoms with Crippen LogP contribution in [0.5, 0.6) is 0 Å². The minimum Gasteiger partial charge on any atom is -0.481 e. The van der Waals surface area contributed by atoms with Crippen LogP contribution in [0.2, 0.25) is 0 Å². The molecular formula is C33H38F3N7O11. The molecule has 0 unspecified atom stereocenters. The number of aromatic amines is 1. The molecule has 0 aliphatic heterocycles. The molecule has 0 bridgehead atoms. The fourth-order valence-corrected chi connectivity index (χ4v) is 5.22. The summed E-state index contributed by atoms with van der Waals surface area (Å²) in [4.78, 5) is 107. The Bertz CT molecular complexity index is 1930. The number of hydrogen-bond donors (Lipinski definition) is 8. The molecule has 0 radical (unpaired) electrons. The minimum absolute atomic E-state index is 0.0819. The number of hydrogen-bond acceptors (Lipinski definition) is 10. The summed E-state index contributed by atoms with van der Waals surface area (Å²) >= 11 is 0. The molecular weight excluding hydrogens is 727 g/mol. The number of carboxylic acid groups (broad SMARTS) is 2. The lowest BCUT2D eigenvalue weighted by Crippen LogP contribution is -2.58. The summed E-state index contributed by atoms with van der Waals surface area (Å²) < 4.78 is 45.3. The number of fused-ring (bicyclic) bond motifs is 1. The van der Waals surface area contributed by atoms with E-state index in [9.17, 15) is 61.7 Å². The van der Waals surface area contributed by atoms with Gasteiger partial charge in [0.2, 0.25) is 29.5 Å². The number of alkyl halides is 3. The number of amides is 5. The Morgan fingerprint density at radius 2 is 1.48 bits per heavy atom. The second kappa shape index (κ2) is 18.5. The van der Waals surface area contributed by atoms with Gasteiger partial charge in [-0.15, -0.1) is 0 Å². The number of aliphatic carboxylic acids is 2. The molecule has 292 valence electrons. The fraction of sp³-hybridized carbons (Fsp3) is 0.424. The number of benzene rings is 1. The van der Waals surface area contributed by atoms with Crippen LogP contribution in [0, 0.1) is 5.92 Å². The maximum absolute atomic E-state index is 13.6. The Kier molecular flexibility index (Phi) is 14.4. The molecule has 18 nitrogen and oxygen atoms in total. The number of nitrogens with one attached hydrogen (secondary N) is 6. The van der Waals surface area contributed by atoms with Gasteiger partial charge in [0.1, 0.15) is 29.8 Å². The summed E-state index contributed by atoms with van der Waals surface area (Å²) in [6, 6.07) is -2.98. The van der Waals surface area contributed by atoms with Crippen molar-refractivity contribution in [2.45, 2.75) is 83.2 Å². The van der Waals surface area contributed by atoms with Crippen LogP contribution in [-0.4, -0.2) is 85.8 Å². The second-order valence-electron chi connectivity index (χ2n) is 12.6. The Hall–Kier alpha value is -6.28. The van der Waals surface area contributed by atoms with Gasteiger partial charge in [-0.1, -0.05) is 13.8 Å². The number of carbonyl (C=O) groups is 7. The lowest BCUT2D eigenvalue weighted by Gasteiger charge is -2.26. The highest BCUT2D eigenvalue weighted by molar-refractivity contribution is 6.01. The number of nitrogens with zero attached hydrogens (tertiary/aromatic N) is 1. The number of carbonyl (C=O) groups excluding carboxylic acids is 5. The van der Waals surface area contributed by atoms with Gasteiger partial charge in [0.05, 0.1) is 18.3 Å². The smallest absolute Gasteiger partial charge is 0.417 e. The van der Waals surface area contributed by atoms with Crippen molar-refractivity contribution >= 4 is 58.1 Å².